The fourth-order valence-electron chi connectivity index (χ4n) is 4.54. The van der Waals surface area contributed by atoms with Crippen LogP contribution in [0.5, 0.6) is 0 Å². The third kappa shape index (κ3) is 5.77. The predicted molar refractivity (Wildman–Crippen MR) is 132 cm³/mol. The molecule has 2 unspecified atom stereocenters. The van der Waals surface area contributed by atoms with Crippen molar-refractivity contribution in [3.8, 4) is 0 Å². The normalized spacial score (nSPS) is 18.6. The molecule has 3 aromatic rings. The van der Waals surface area contributed by atoms with Gasteiger partial charge in [0.2, 0.25) is 5.91 Å². The van der Waals surface area contributed by atoms with E-state index in [2.05, 4.69) is 15.8 Å². The van der Waals surface area contributed by atoms with E-state index in [1.165, 1.54) is 12.1 Å². The molecule has 0 fully saturated rings. The highest BCUT2D eigenvalue weighted by molar-refractivity contribution is 6.14. The van der Waals surface area contributed by atoms with Gasteiger partial charge in [0, 0.05) is 35.2 Å². The topological polar surface area (TPSA) is 62.7 Å². The average Bonchev–Trinajstić information content (AvgIpc) is 3.35. The molecule has 0 saturated heterocycles. The van der Waals surface area contributed by atoms with E-state index in [0.29, 0.717) is 23.0 Å². The van der Waals surface area contributed by atoms with Crippen molar-refractivity contribution in [1.82, 2.24) is 5.32 Å². The van der Waals surface area contributed by atoms with E-state index in [-0.39, 0.29) is 35.4 Å². The molecule has 0 saturated carbocycles. The number of carbonyl (C=O) groups excluding carboxylic acids is 1. The Morgan fingerprint density at radius 1 is 0.927 bits per heavy atom. The summed E-state index contributed by atoms with van der Waals surface area (Å²) in [4.78, 5) is 16.9. The molecular weight excluding hydrogens is 569 g/mol. The minimum atomic E-state index is -5.45. The van der Waals surface area contributed by atoms with Crippen molar-refractivity contribution in [2.45, 2.75) is 50.4 Å². The van der Waals surface area contributed by atoms with Gasteiger partial charge in [-0.3, -0.25) is 4.79 Å². The number of hydrogen-bond donors (Lipinski definition) is 2. The number of halogens is 9. The summed E-state index contributed by atoms with van der Waals surface area (Å²) in [5.74, 6) is -0.302. The SMILES string of the molecule is CCNC(=O)C(C)Nc1ccc(C2=NOC(c3cc(C(F)(F)F)cc(C(F)(F)F)c3)(C(F)(F)F)C2)c2ccccc12. The molecule has 2 atom stereocenters. The third-order valence-corrected chi connectivity index (χ3v) is 6.59. The third-order valence-electron chi connectivity index (χ3n) is 6.59. The van der Waals surface area contributed by atoms with Gasteiger partial charge in [-0.25, -0.2) is 0 Å². The van der Waals surface area contributed by atoms with Gasteiger partial charge in [0.05, 0.1) is 16.8 Å². The molecule has 4 rings (SSSR count). The number of anilines is 1. The first-order valence-corrected chi connectivity index (χ1v) is 12.2. The molecule has 41 heavy (non-hydrogen) atoms. The lowest BCUT2D eigenvalue weighted by molar-refractivity contribution is -0.276. The quantitative estimate of drug-likeness (QED) is 0.294. The van der Waals surface area contributed by atoms with Crippen LogP contribution < -0.4 is 10.6 Å². The maximum atomic E-state index is 14.5. The zero-order valence-corrected chi connectivity index (χ0v) is 21.4. The minimum Gasteiger partial charge on any atom is -0.374 e. The number of amides is 1. The summed E-state index contributed by atoms with van der Waals surface area (Å²) in [5.41, 5.74) is -8.59. The lowest BCUT2D eigenvalue weighted by atomic mass is 9.84. The molecule has 0 aliphatic carbocycles. The van der Waals surface area contributed by atoms with Gasteiger partial charge in [0.1, 0.15) is 6.04 Å². The maximum Gasteiger partial charge on any atom is 0.435 e. The summed E-state index contributed by atoms with van der Waals surface area (Å²) in [6.07, 6.45) is -17.4. The molecule has 1 aliphatic heterocycles. The summed E-state index contributed by atoms with van der Waals surface area (Å²) < 4.78 is 124. The molecule has 1 aliphatic rings. The summed E-state index contributed by atoms with van der Waals surface area (Å²) in [7, 11) is 0. The molecule has 14 heteroatoms. The predicted octanol–water partition coefficient (Wildman–Crippen LogP) is 7.40. The van der Waals surface area contributed by atoms with Gasteiger partial charge in [-0.05, 0) is 43.5 Å². The van der Waals surface area contributed by atoms with Crippen LogP contribution in [0.3, 0.4) is 0 Å². The Morgan fingerprint density at radius 2 is 1.51 bits per heavy atom. The fraction of sp³-hybridized carbons (Fsp3) is 0.333. The van der Waals surface area contributed by atoms with E-state index in [0.717, 1.165) is 0 Å². The highest BCUT2D eigenvalue weighted by atomic mass is 19.4. The van der Waals surface area contributed by atoms with Crippen LogP contribution in [0.4, 0.5) is 45.2 Å². The zero-order valence-electron chi connectivity index (χ0n) is 21.4. The smallest absolute Gasteiger partial charge is 0.374 e. The van der Waals surface area contributed by atoms with Gasteiger partial charge in [-0.1, -0.05) is 35.5 Å². The summed E-state index contributed by atoms with van der Waals surface area (Å²) in [5, 5.41) is 10.0. The Kier molecular flexibility index (Phi) is 7.65. The van der Waals surface area contributed by atoms with Gasteiger partial charge < -0.3 is 15.5 Å². The molecule has 0 spiro atoms. The Hall–Kier alpha value is -3.97. The first-order valence-electron chi connectivity index (χ1n) is 12.2. The molecule has 220 valence electrons. The number of alkyl halides is 9. The Bertz CT molecular complexity index is 1460. The minimum absolute atomic E-state index is 0.00491. The van der Waals surface area contributed by atoms with E-state index < -0.39 is 53.3 Å². The number of benzene rings is 3. The average molecular weight is 591 g/mol. The van der Waals surface area contributed by atoms with Crippen molar-refractivity contribution in [3.63, 3.8) is 0 Å². The molecule has 3 aromatic carbocycles. The first kappa shape index (κ1) is 30.0. The summed E-state index contributed by atoms with van der Waals surface area (Å²) in [6.45, 7) is 3.73. The first-order chi connectivity index (χ1) is 19.0. The summed E-state index contributed by atoms with van der Waals surface area (Å²) in [6, 6.07) is 8.32. The lowest BCUT2D eigenvalue weighted by Crippen LogP contribution is -2.43. The highest BCUT2D eigenvalue weighted by Crippen LogP contribution is 2.51. The van der Waals surface area contributed by atoms with E-state index >= 15 is 0 Å². The molecule has 2 N–H and O–H groups in total. The molecule has 5 nitrogen and oxygen atoms in total. The van der Waals surface area contributed by atoms with Crippen LogP contribution in [0.2, 0.25) is 0 Å². The number of likely N-dealkylation sites (N-methyl/N-ethyl adjacent to an activating group) is 1. The van der Waals surface area contributed by atoms with Crippen LogP contribution in [0.15, 0.2) is 59.8 Å². The van der Waals surface area contributed by atoms with Crippen molar-refractivity contribution >= 4 is 28.1 Å². The van der Waals surface area contributed by atoms with Gasteiger partial charge in [0.15, 0.2) is 0 Å². The second kappa shape index (κ2) is 10.5. The van der Waals surface area contributed by atoms with Crippen molar-refractivity contribution < 1.29 is 49.1 Å². The Morgan fingerprint density at radius 3 is 2.05 bits per heavy atom. The van der Waals surface area contributed by atoms with Crippen LogP contribution in [-0.2, 0) is 27.6 Å². The van der Waals surface area contributed by atoms with Crippen LogP contribution in [0, 0.1) is 0 Å². The molecule has 0 radical (unpaired) electrons. The van der Waals surface area contributed by atoms with Crippen molar-refractivity contribution in [2.75, 3.05) is 11.9 Å². The van der Waals surface area contributed by atoms with E-state index in [1.807, 2.05) is 0 Å². The monoisotopic (exact) mass is 591 g/mol. The Labute approximate surface area is 227 Å². The van der Waals surface area contributed by atoms with Crippen molar-refractivity contribution in [1.29, 1.82) is 0 Å². The number of nitrogens with one attached hydrogen (secondary N) is 2. The second-order valence-corrected chi connectivity index (χ2v) is 9.39. The van der Waals surface area contributed by atoms with Gasteiger partial charge in [-0.15, -0.1) is 0 Å². The molecule has 0 aromatic heterocycles. The highest BCUT2D eigenvalue weighted by Gasteiger charge is 2.63. The number of nitrogens with zero attached hydrogens (tertiary/aromatic N) is 1. The van der Waals surface area contributed by atoms with Crippen LogP contribution in [-0.4, -0.2) is 30.4 Å². The fourth-order valence-corrected chi connectivity index (χ4v) is 4.54. The number of rotatable bonds is 6. The van der Waals surface area contributed by atoms with E-state index in [4.69, 9.17) is 4.84 Å². The lowest BCUT2D eigenvalue weighted by Gasteiger charge is -2.30. The number of oxime groups is 1. The van der Waals surface area contributed by atoms with Gasteiger partial charge in [0.25, 0.3) is 5.60 Å². The molecule has 0 bridgehead atoms. The maximum absolute atomic E-state index is 14.5. The standard InChI is InChI=1S/C27H22F9N3O2/c1-3-37-23(40)14(2)38-21-9-8-20(18-6-4-5-7-19(18)21)22-13-24(41-39-22,27(34,35)36)15-10-16(25(28,29)30)12-17(11-15)26(31,32)33/h4-12,14,38H,3,13H2,1-2H3,(H,37,40). The Balaban J connectivity index is 1.80. The van der Waals surface area contributed by atoms with Crippen molar-refractivity contribution in [3.05, 3.63) is 76.9 Å². The van der Waals surface area contributed by atoms with Crippen LogP contribution >= 0.6 is 0 Å². The number of carbonyl (C=O) groups is 1. The van der Waals surface area contributed by atoms with E-state index in [9.17, 15) is 44.3 Å². The molecule has 1 heterocycles. The van der Waals surface area contributed by atoms with Crippen LogP contribution in [0.1, 0.15) is 42.5 Å². The summed E-state index contributed by atoms with van der Waals surface area (Å²) >= 11 is 0. The second-order valence-electron chi connectivity index (χ2n) is 9.39. The molecular formula is C27H22F9N3O2. The van der Waals surface area contributed by atoms with E-state index in [1.54, 1.807) is 38.1 Å². The van der Waals surface area contributed by atoms with Crippen molar-refractivity contribution in [2.24, 2.45) is 5.16 Å². The van der Waals surface area contributed by atoms with Gasteiger partial charge >= 0.3 is 18.5 Å². The molecule has 1 amide bonds. The number of hydrogen-bond acceptors (Lipinski definition) is 4. The largest absolute Gasteiger partial charge is 0.435 e. The number of fused-ring (bicyclic) bond motifs is 1. The van der Waals surface area contributed by atoms with Gasteiger partial charge in [-0.2, -0.15) is 39.5 Å². The zero-order chi connectivity index (χ0) is 30.4. The van der Waals surface area contributed by atoms with Crippen LogP contribution in [0.25, 0.3) is 10.8 Å².